The van der Waals surface area contributed by atoms with Gasteiger partial charge in [0.25, 0.3) is 0 Å². The SMILES string of the molecule is COc1ccc(CN(CC(O)COc2cc(C)cc(C)c2)C2CCS(=O)(=O)C2)cc1OC. The van der Waals surface area contributed by atoms with Gasteiger partial charge in [0.05, 0.1) is 25.7 Å². The van der Waals surface area contributed by atoms with E-state index in [2.05, 4.69) is 6.07 Å². The summed E-state index contributed by atoms with van der Waals surface area (Å²) in [5.41, 5.74) is 3.15. The Labute approximate surface area is 190 Å². The fourth-order valence-corrected chi connectivity index (χ4v) is 5.91. The molecular formula is C24H33NO6S. The molecule has 1 aliphatic rings. The van der Waals surface area contributed by atoms with Crippen LogP contribution in [0.2, 0.25) is 0 Å². The van der Waals surface area contributed by atoms with E-state index >= 15 is 0 Å². The van der Waals surface area contributed by atoms with E-state index in [1.807, 2.05) is 49.1 Å². The number of ether oxygens (including phenoxy) is 3. The minimum atomic E-state index is -3.06. The topological polar surface area (TPSA) is 85.3 Å². The number of benzene rings is 2. The van der Waals surface area contributed by atoms with Crippen LogP contribution < -0.4 is 14.2 Å². The van der Waals surface area contributed by atoms with Crippen LogP contribution >= 0.6 is 0 Å². The zero-order valence-corrected chi connectivity index (χ0v) is 20.0. The fourth-order valence-electron chi connectivity index (χ4n) is 4.15. The van der Waals surface area contributed by atoms with Gasteiger partial charge in [-0.05, 0) is 61.2 Å². The summed E-state index contributed by atoms with van der Waals surface area (Å²) in [6.07, 6.45) is -0.209. The van der Waals surface area contributed by atoms with Gasteiger partial charge in [-0.15, -0.1) is 0 Å². The molecule has 0 radical (unpaired) electrons. The zero-order valence-electron chi connectivity index (χ0n) is 19.2. The summed E-state index contributed by atoms with van der Waals surface area (Å²) in [5, 5.41) is 10.7. The molecular weight excluding hydrogens is 430 g/mol. The van der Waals surface area contributed by atoms with E-state index in [-0.39, 0.29) is 24.2 Å². The zero-order chi connectivity index (χ0) is 23.3. The first-order valence-corrected chi connectivity index (χ1v) is 12.6. The van der Waals surface area contributed by atoms with Crippen molar-refractivity contribution in [2.45, 2.75) is 39.0 Å². The van der Waals surface area contributed by atoms with Gasteiger partial charge in [-0.3, -0.25) is 4.90 Å². The normalized spacial score (nSPS) is 18.5. The maximum Gasteiger partial charge on any atom is 0.161 e. The molecule has 176 valence electrons. The van der Waals surface area contributed by atoms with Crippen molar-refractivity contribution in [1.29, 1.82) is 0 Å². The van der Waals surface area contributed by atoms with Crippen LogP contribution in [-0.4, -0.2) is 69.4 Å². The number of nitrogens with zero attached hydrogens (tertiary/aromatic N) is 1. The predicted octanol–water partition coefficient (Wildman–Crippen LogP) is 2.75. The highest BCUT2D eigenvalue weighted by Gasteiger charge is 2.33. The van der Waals surface area contributed by atoms with Crippen molar-refractivity contribution >= 4 is 9.84 Å². The first kappa shape index (κ1) is 24.4. The Bertz CT molecular complexity index is 1000. The van der Waals surface area contributed by atoms with Crippen LogP contribution in [0, 0.1) is 13.8 Å². The molecule has 0 bridgehead atoms. The number of hydrogen-bond donors (Lipinski definition) is 1. The molecule has 7 nitrogen and oxygen atoms in total. The summed E-state index contributed by atoms with van der Waals surface area (Å²) < 4.78 is 40.7. The lowest BCUT2D eigenvalue weighted by molar-refractivity contribution is 0.0524. The van der Waals surface area contributed by atoms with Crippen molar-refractivity contribution in [3.8, 4) is 17.2 Å². The Hall–Kier alpha value is -2.29. The second-order valence-corrected chi connectivity index (χ2v) is 10.7. The number of aliphatic hydroxyl groups is 1. The number of hydrogen-bond acceptors (Lipinski definition) is 7. The van der Waals surface area contributed by atoms with Crippen molar-refractivity contribution in [2.75, 3.05) is 38.9 Å². The van der Waals surface area contributed by atoms with Crippen molar-refractivity contribution < 1.29 is 27.7 Å². The summed E-state index contributed by atoms with van der Waals surface area (Å²) in [7, 11) is 0.107. The minimum absolute atomic E-state index is 0.102. The molecule has 8 heteroatoms. The third-order valence-electron chi connectivity index (χ3n) is 5.64. The number of rotatable bonds is 10. The van der Waals surface area contributed by atoms with Crippen LogP contribution in [0.5, 0.6) is 17.2 Å². The summed E-state index contributed by atoms with van der Waals surface area (Å²) in [4.78, 5) is 2.03. The lowest BCUT2D eigenvalue weighted by atomic mass is 10.1. The van der Waals surface area contributed by atoms with Gasteiger partial charge in [-0.1, -0.05) is 12.1 Å². The Balaban J connectivity index is 1.71. The van der Waals surface area contributed by atoms with Gasteiger partial charge < -0.3 is 19.3 Å². The predicted molar refractivity (Wildman–Crippen MR) is 124 cm³/mol. The molecule has 2 aromatic rings. The van der Waals surface area contributed by atoms with Crippen LogP contribution in [0.4, 0.5) is 0 Å². The molecule has 0 aliphatic carbocycles. The molecule has 2 atom stereocenters. The van der Waals surface area contributed by atoms with E-state index in [0.717, 1.165) is 22.4 Å². The Morgan fingerprint density at radius 2 is 1.75 bits per heavy atom. The summed E-state index contributed by atoms with van der Waals surface area (Å²) >= 11 is 0. The molecule has 2 aromatic carbocycles. The first-order valence-electron chi connectivity index (χ1n) is 10.7. The number of aliphatic hydroxyl groups excluding tert-OH is 1. The lowest BCUT2D eigenvalue weighted by Gasteiger charge is -2.30. The number of methoxy groups -OCH3 is 2. The monoisotopic (exact) mass is 463 g/mol. The summed E-state index contributed by atoms with van der Waals surface area (Å²) in [6, 6.07) is 11.4. The van der Waals surface area contributed by atoms with E-state index in [4.69, 9.17) is 14.2 Å². The van der Waals surface area contributed by atoms with Gasteiger partial charge >= 0.3 is 0 Å². The summed E-state index contributed by atoms with van der Waals surface area (Å²) in [5.74, 6) is 2.24. The van der Waals surface area contributed by atoms with E-state index in [9.17, 15) is 13.5 Å². The molecule has 0 amide bonds. The second-order valence-electron chi connectivity index (χ2n) is 8.46. The van der Waals surface area contributed by atoms with E-state index in [1.54, 1.807) is 14.2 Å². The Morgan fingerprint density at radius 1 is 1.06 bits per heavy atom. The van der Waals surface area contributed by atoms with Gasteiger partial charge in [0, 0.05) is 19.1 Å². The van der Waals surface area contributed by atoms with Crippen LogP contribution in [0.15, 0.2) is 36.4 Å². The molecule has 1 heterocycles. The highest BCUT2D eigenvalue weighted by molar-refractivity contribution is 7.91. The third kappa shape index (κ3) is 6.60. The van der Waals surface area contributed by atoms with Crippen molar-refractivity contribution in [3.63, 3.8) is 0 Å². The van der Waals surface area contributed by atoms with Crippen molar-refractivity contribution in [2.24, 2.45) is 0 Å². The van der Waals surface area contributed by atoms with Crippen LogP contribution in [0.3, 0.4) is 0 Å². The highest BCUT2D eigenvalue weighted by Crippen LogP contribution is 2.29. The van der Waals surface area contributed by atoms with Crippen LogP contribution in [0.25, 0.3) is 0 Å². The second kappa shape index (κ2) is 10.6. The first-order chi connectivity index (χ1) is 15.2. The molecule has 2 unspecified atom stereocenters. The van der Waals surface area contributed by atoms with Gasteiger partial charge in [-0.2, -0.15) is 0 Å². The molecule has 3 rings (SSSR count). The van der Waals surface area contributed by atoms with Crippen molar-refractivity contribution in [1.82, 2.24) is 4.90 Å². The maximum atomic E-state index is 12.1. The Kier molecular flexibility index (Phi) is 8.03. The van der Waals surface area contributed by atoms with Crippen LogP contribution in [0.1, 0.15) is 23.1 Å². The molecule has 1 saturated heterocycles. The van der Waals surface area contributed by atoms with Gasteiger partial charge in [0.2, 0.25) is 0 Å². The number of sulfone groups is 1. The van der Waals surface area contributed by atoms with Gasteiger partial charge in [0.1, 0.15) is 18.5 Å². The molecule has 0 spiro atoms. The van der Waals surface area contributed by atoms with E-state index in [0.29, 0.717) is 31.0 Å². The highest BCUT2D eigenvalue weighted by atomic mass is 32.2. The van der Waals surface area contributed by atoms with Crippen LogP contribution in [-0.2, 0) is 16.4 Å². The number of aryl methyl sites for hydroxylation is 2. The average Bonchev–Trinajstić information content (AvgIpc) is 3.10. The third-order valence-corrected chi connectivity index (χ3v) is 7.39. The molecule has 1 fully saturated rings. The lowest BCUT2D eigenvalue weighted by Crippen LogP contribution is -2.42. The molecule has 32 heavy (non-hydrogen) atoms. The van der Waals surface area contributed by atoms with E-state index < -0.39 is 15.9 Å². The minimum Gasteiger partial charge on any atom is -0.493 e. The van der Waals surface area contributed by atoms with E-state index in [1.165, 1.54) is 0 Å². The van der Waals surface area contributed by atoms with Crippen molar-refractivity contribution in [3.05, 3.63) is 53.1 Å². The maximum absolute atomic E-state index is 12.1. The quantitative estimate of drug-likeness (QED) is 0.580. The smallest absolute Gasteiger partial charge is 0.161 e. The Morgan fingerprint density at radius 3 is 2.34 bits per heavy atom. The largest absolute Gasteiger partial charge is 0.493 e. The molecule has 1 N–H and O–H groups in total. The standard InChI is InChI=1S/C24H33NO6S/c1-17-9-18(2)11-22(10-17)31-15-21(26)14-25(20-7-8-32(27,28)16-20)13-19-5-6-23(29-3)24(12-19)30-4/h5-6,9-12,20-21,26H,7-8,13-16H2,1-4H3. The molecule has 0 aromatic heterocycles. The average molecular weight is 464 g/mol. The van der Waals surface area contributed by atoms with Gasteiger partial charge in [0.15, 0.2) is 21.3 Å². The molecule has 0 saturated carbocycles. The summed E-state index contributed by atoms with van der Waals surface area (Å²) in [6.45, 7) is 4.93. The fraction of sp³-hybridized carbons (Fsp3) is 0.500. The molecule has 1 aliphatic heterocycles. The van der Waals surface area contributed by atoms with Gasteiger partial charge in [-0.25, -0.2) is 8.42 Å².